The molecule has 0 aliphatic heterocycles. The van der Waals surface area contributed by atoms with Crippen LogP contribution < -0.4 is 4.74 Å². The van der Waals surface area contributed by atoms with Gasteiger partial charge in [-0.3, -0.25) is 0 Å². The SMILES string of the molecule is COc1ccn(-c2ccc(C)cc2C)n1. The topological polar surface area (TPSA) is 27.1 Å². The van der Waals surface area contributed by atoms with Gasteiger partial charge in [0.1, 0.15) is 0 Å². The normalized spacial score (nSPS) is 10.3. The average molecular weight is 202 g/mol. The van der Waals surface area contributed by atoms with Crippen LogP contribution in [-0.2, 0) is 0 Å². The van der Waals surface area contributed by atoms with Gasteiger partial charge in [-0.15, -0.1) is 5.10 Å². The Balaban J connectivity index is 2.44. The summed E-state index contributed by atoms with van der Waals surface area (Å²) in [5.74, 6) is 0.634. The fraction of sp³-hybridized carbons (Fsp3) is 0.250. The molecule has 0 unspecified atom stereocenters. The Bertz CT molecular complexity index is 474. The number of benzene rings is 1. The van der Waals surface area contributed by atoms with Crippen molar-refractivity contribution in [2.45, 2.75) is 13.8 Å². The van der Waals surface area contributed by atoms with Crippen LogP contribution in [0.15, 0.2) is 30.5 Å². The van der Waals surface area contributed by atoms with Crippen LogP contribution in [0.25, 0.3) is 5.69 Å². The van der Waals surface area contributed by atoms with Crippen molar-refractivity contribution in [1.29, 1.82) is 0 Å². The predicted molar refractivity (Wildman–Crippen MR) is 59.6 cm³/mol. The zero-order valence-electron chi connectivity index (χ0n) is 9.19. The lowest BCUT2D eigenvalue weighted by atomic mass is 10.1. The van der Waals surface area contributed by atoms with Gasteiger partial charge in [-0.05, 0) is 25.5 Å². The highest BCUT2D eigenvalue weighted by Crippen LogP contribution is 2.16. The zero-order valence-corrected chi connectivity index (χ0v) is 9.19. The van der Waals surface area contributed by atoms with E-state index in [0.29, 0.717) is 5.88 Å². The van der Waals surface area contributed by atoms with Crippen LogP contribution in [0.1, 0.15) is 11.1 Å². The van der Waals surface area contributed by atoms with Crippen molar-refractivity contribution in [3.05, 3.63) is 41.6 Å². The summed E-state index contributed by atoms with van der Waals surface area (Å²) in [6.45, 7) is 4.16. The standard InChI is InChI=1S/C12H14N2O/c1-9-4-5-11(10(2)8-9)14-7-6-12(13-14)15-3/h4-8H,1-3H3. The van der Waals surface area contributed by atoms with E-state index in [2.05, 4.69) is 37.1 Å². The first-order valence-corrected chi connectivity index (χ1v) is 4.88. The van der Waals surface area contributed by atoms with Crippen LogP contribution in [0.5, 0.6) is 5.88 Å². The highest BCUT2D eigenvalue weighted by atomic mass is 16.5. The molecular weight excluding hydrogens is 188 g/mol. The maximum Gasteiger partial charge on any atom is 0.232 e. The molecule has 3 nitrogen and oxygen atoms in total. The molecule has 0 fully saturated rings. The molecule has 0 atom stereocenters. The highest BCUT2D eigenvalue weighted by molar-refractivity contribution is 5.42. The third kappa shape index (κ3) is 1.86. The molecule has 15 heavy (non-hydrogen) atoms. The second kappa shape index (κ2) is 3.77. The van der Waals surface area contributed by atoms with Gasteiger partial charge < -0.3 is 4.74 Å². The number of hydrogen-bond donors (Lipinski definition) is 0. The molecule has 1 heterocycles. The summed E-state index contributed by atoms with van der Waals surface area (Å²) in [7, 11) is 1.62. The van der Waals surface area contributed by atoms with Gasteiger partial charge in [0.05, 0.1) is 12.8 Å². The third-order valence-corrected chi connectivity index (χ3v) is 2.37. The van der Waals surface area contributed by atoms with Crippen molar-refractivity contribution in [3.8, 4) is 11.6 Å². The van der Waals surface area contributed by atoms with Gasteiger partial charge in [-0.2, -0.15) is 0 Å². The molecule has 78 valence electrons. The quantitative estimate of drug-likeness (QED) is 0.748. The Morgan fingerprint density at radius 2 is 2.00 bits per heavy atom. The molecule has 0 amide bonds. The average Bonchev–Trinajstić information content (AvgIpc) is 2.66. The van der Waals surface area contributed by atoms with Gasteiger partial charge in [0.2, 0.25) is 5.88 Å². The molecule has 0 N–H and O–H groups in total. The fourth-order valence-corrected chi connectivity index (χ4v) is 1.61. The smallest absolute Gasteiger partial charge is 0.232 e. The van der Waals surface area contributed by atoms with Crippen LogP contribution in [-0.4, -0.2) is 16.9 Å². The first kappa shape index (κ1) is 9.77. The summed E-state index contributed by atoms with van der Waals surface area (Å²) < 4.78 is 6.87. The van der Waals surface area contributed by atoms with Crippen LogP contribution in [0, 0.1) is 13.8 Å². The highest BCUT2D eigenvalue weighted by Gasteiger charge is 2.03. The summed E-state index contributed by atoms with van der Waals surface area (Å²) in [5.41, 5.74) is 3.56. The van der Waals surface area contributed by atoms with Crippen molar-refractivity contribution in [2.24, 2.45) is 0 Å². The Morgan fingerprint density at radius 1 is 1.20 bits per heavy atom. The van der Waals surface area contributed by atoms with Crippen molar-refractivity contribution in [3.63, 3.8) is 0 Å². The second-order valence-corrected chi connectivity index (χ2v) is 3.59. The zero-order chi connectivity index (χ0) is 10.8. The molecule has 0 bridgehead atoms. The molecule has 0 spiro atoms. The molecule has 1 aromatic carbocycles. The number of hydrogen-bond acceptors (Lipinski definition) is 2. The van der Waals surface area contributed by atoms with Crippen LogP contribution in [0.3, 0.4) is 0 Å². The lowest BCUT2D eigenvalue weighted by Gasteiger charge is -2.06. The molecular formula is C12H14N2O. The minimum absolute atomic E-state index is 0.634. The first-order valence-electron chi connectivity index (χ1n) is 4.88. The molecule has 2 aromatic rings. The third-order valence-electron chi connectivity index (χ3n) is 2.37. The molecule has 0 aliphatic carbocycles. The van der Waals surface area contributed by atoms with E-state index >= 15 is 0 Å². The van der Waals surface area contributed by atoms with Gasteiger partial charge in [-0.1, -0.05) is 17.7 Å². The lowest BCUT2D eigenvalue weighted by molar-refractivity contribution is 0.394. The maximum atomic E-state index is 5.05. The molecule has 0 saturated carbocycles. The fourth-order valence-electron chi connectivity index (χ4n) is 1.61. The summed E-state index contributed by atoms with van der Waals surface area (Å²) in [6.07, 6.45) is 1.90. The number of methoxy groups -OCH3 is 1. The van der Waals surface area contributed by atoms with E-state index in [9.17, 15) is 0 Å². The Kier molecular flexibility index (Phi) is 2.46. The van der Waals surface area contributed by atoms with E-state index in [0.717, 1.165) is 5.69 Å². The van der Waals surface area contributed by atoms with Gasteiger partial charge in [0.25, 0.3) is 0 Å². The van der Waals surface area contributed by atoms with Gasteiger partial charge in [0.15, 0.2) is 0 Å². The molecule has 0 radical (unpaired) electrons. The van der Waals surface area contributed by atoms with E-state index < -0.39 is 0 Å². The number of nitrogens with zero attached hydrogens (tertiary/aromatic N) is 2. The molecule has 2 rings (SSSR count). The largest absolute Gasteiger partial charge is 0.480 e. The summed E-state index contributed by atoms with van der Waals surface area (Å²) >= 11 is 0. The van der Waals surface area contributed by atoms with Gasteiger partial charge in [-0.25, -0.2) is 4.68 Å². The Morgan fingerprint density at radius 3 is 2.60 bits per heavy atom. The van der Waals surface area contributed by atoms with Crippen LogP contribution >= 0.6 is 0 Å². The van der Waals surface area contributed by atoms with Crippen molar-refractivity contribution in [1.82, 2.24) is 9.78 Å². The first-order chi connectivity index (χ1) is 7.20. The Hall–Kier alpha value is -1.77. The summed E-state index contributed by atoms with van der Waals surface area (Å²) in [6, 6.07) is 8.14. The van der Waals surface area contributed by atoms with Gasteiger partial charge >= 0.3 is 0 Å². The maximum absolute atomic E-state index is 5.05. The second-order valence-electron chi connectivity index (χ2n) is 3.59. The van der Waals surface area contributed by atoms with E-state index in [1.807, 2.05) is 16.9 Å². The van der Waals surface area contributed by atoms with E-state index in [1.54, 1.807) is 7.11 Å². The molecule has 0 aliphatic rings. The monoisotopic (exact) mass is 202 g/mol. The minimum atomic E-state index is 0.634. The number of rotatable bonds is 2. The predicted octanol–water partition coefficient (Wildman–Crippen LogP) is 2.50. The van der Waals surface area contributed by atoms with Crippen molar-refractivity contribution >= 4 is 0 Å². The molecule has 1 aromatic heterocycles. The minimum Gasteiger partial charge on any atom is -0.480 e. The van der Waals surface area contributed by atoms with E-state index in [1.165, 1.54) is 11.1 Å². The number of ether oxygens (including phenoxy) is 1. The van der Waals surface area contributed by atoms with E-state index in [4.69, 9.17) is 4.74 Å². The van der Waals surface area contributed by atoms with E-state index in [-0.39, 0.29) is 0 Å². The number of aromatic nitrogens is 2. The van der Waals surface area contributed by atoms with Crippen molar-refractivity contribution in [2.75, 3.05) is 7.11 Å². The number of aryl methyl sites for hydroxylation is 2. The summed E-state index contributed by atoms with van der Waals surface area (Å²) in [4.78, 5) is 0. The lowest BCUT2D eigenvalue weighted by Crippen LogP contribution is -1.98. The van der Waals surface area contributed by atoms with Crippen LogP contribution in [0.4, 0.5) is 0 Å². The molecule has 3 heteroatoms. The Labute approximate surface area is 89.3 Å². The van der Waals surface area contributed by atoms with Gasteiger partial charge in [0, 0.05) is 12.3 Å². The van der Waals surface area contributed by atoms with Crippen LogP contribution in [0.2, 0.25) is 0 Å². The molecule has 0 saturated heterocycles. The van der Waals surface area contributed by atoms with Crippen molar-refractivity contribution < 1.29 is 4.74 Å². The summed E-state index contributed by atoms with van der Waals surface area (Å²) in [5, 5.41) is 4.28.